The van der Waals surface area contributed by atoms with Gasteiger partial charge < -0.3 is 10.4 Å². The van der Waals surface area contributed by atoms with Gasteiger partial charge in [-0.05, 0) is 25.3 Å². The van der Waals surface area contributed by atoms with Crippen LogP contribution in [0.2, 0.25) is 0 Å². The summed E-state index contributed by atoms with van der Waals surface area (Å²) in [5.74, 6) is 1.84. The maximum atomic E-state index is 11.5. The number of nitrogens with one attached hydrogen (secondary N) is 1. The quantitative estimate of drug-likeness (QED) is 0.767. The highest BCUT2D eigenvalue weighted by molar-refractivity contribution is 5.95. The van der Waals surface area contributed by atoms with E-state index in [9.17, 15) is 9.90 Å². The van der Waals surface area contributed by atoms with Crippen molar-refractivity contribution in [3.8, 4) is 12.3 Å². The number of carboxylic acids is 1. The summed E-state index contributed by atoms with van der Waals surface area (Å²) in [6.45, 7) is 5.73. The third kappa shape index (κ3) is 3.44. The summed E-state index contributed by atoms with van der Waals surface area (Å²) in [4.78, 5) is 11.5. The molecule has 1 atom stereocenters. The van der Waals surface area contributed by atoms with E-state index in [1.54, 1.807) is 0 Å². The lowest BCUT2D eigenvalue weighted by Crippen LogP contribution is -2.21. The Morgan fingerprint density at radius 2 is 2.11 bits per heavy atom. The molecule has 2 N–H and O–H groups in total. The van der Waals surface area contributed by atoms with E-state index in [0.29, 0.717) is 25.1 Å². The monoisotopic (exact) mass is 261 g/mol. The van der Waals surface area contributed by atoms with Crippen LogP contribution in [0.5, 0.6) is 0 Å². The van der Waals surface area contributed by atoms with Crippen LogP contribution in [0, 0.1) is 12.3 Å². The number of aryl methyl sites for hydroxylation is 1. The molecular formula is C14H19N3O2. The smallest absolute Gasteiger partial charge is 0.339 e. The molecule has 1 aromatic heterocycles. The van der Waals surface area contributed by atoms with Gasteiger partial charge in [-0.2, -0.15) is 5.10 Å². The van der Waals surface area contributed by atoms with Crippen LogP contribution in [0.3, 0.4) is 0 Å². The molecule has 5 nitrogen and oxygen atoms in total. The van der Waals surface area contributed by atoms with Gasteiger partial charge in [-0.15, -0.1) is 17.4 Å². The molecule has 0 aliphatic heterocycles. The summed E-state index contributed by atoms with van der Waals surface area (Å²) in [7, 11) is 0. The second kappa shape index (κ2) is 6.74. The second-order valence-corrected chi connectivity index (χ2v) is 4.31. The number of carbonyl (C=O) groups is 1. The van der Waals surface area contributed by atoms with Crippen molar-refractivity contribution < 1.29 is 9.90 Å². The van der Waals surface area contributed by atoms with Gasteiger partial charge in [0.15, 0.2) is 5.82 Å². The number of nitrogens with zero attached hydrogens (tertiary/aromatic N) is 2. The summed E-state index contributed by atoms with van der Waals surface area (Å²) in [6, 6.07) is -0.0467. The van der Waals surface area contributed by atoms with Crippen LogP contribution in [0.15, 0.2) is 0 Å². The lowest BCUT2D eigenvalue weighted by molar-refractivity contribution is 0.0696. The lowest BCUT2D eigenvalue weighted by atomic mass is 10.0. The lowest BCUT2D eigenvalue weighted by Gasteiger charge is -2.16. The minimum absolute atomic E-state index is 0.0467. The molecule has 0 fully saturated rings. The molecule has 0 aliphatic carbocycles. The highest BCUT2D eigenvalue weighted by atomic mass is 16.4. The fourth-order valence-corrected chi connectivity index (χ4v) is 1.97. The number of anilines is 1. The maximum Gasteiger partial charge on any atom is 0.339 e. The van der Waals surface area contributed by atoms with Crippen molar-refractivity contribution in [1.29, 1.82) is 0 Å². The SMILES string of the molecule is C#CCC(C)Nc1nnc(CC)c(CC)c1C(=O)O. The Labute approximate surface area is 113 Å². The van der Waals surface area contributed by atoms with Crippen molar-refractivity contribution in [3.63, 3.8) is 0 Å². The molecule has 19 heavy (non-hydrogen) atoms. The van der Waals surface area contributed by atoms with Crippen LogP contribution >= 0.6 is 0 Å². The van der Waals surface area contributed by atoms with Crippen molar-refractivity contribution in [3.05, 3.63) is 16.8 Å². The number of carboxylic acid groups (broad SMARTS) is 1. The van der Waals surface area contributed by atoms with Crippen LogP contribution in [0.4, 0.5) is 5.82 Å². The number of rotatable bonds is 6. The summed E-state index contributed by atoms with van der Waals surface area (Å²) < 4.78 is 0. The summed E-state index contributed by atoms with van der Waals surface area (Å²) >= 11 is 0. The molecule has 1 heterocycles. The van der Waals surface area contributed by atoms with Gasteiger partial charge in [-0.3, -0.25) is 0 Å². The molecular weight excluding hydrogens is 242 g/mol. The zero-order chi connectivity index (χ0) is 14.4. The van der Waals surface area contributed by atoms with E-state index >= 15 is 0 Å². The zero-order valence-corrected chi connectivity index (χ0v) is 11.5. The fraction of sp³-hybridized carbons (Fsp3) is 0.500. The largest absolute Gasteiger partial charge is 0.478 e. The Bertz CT molecular complexity index is 506. The van der Waals surface area contributed by atoms with Crippen molar-refractivity contribution in [1.82, 2.24) is 10.2 Å². The predicted molar refractivity (Wildman–Crippen MR) is 74.3 cm³/mol. The van der Waals surface area contributed by atoms with Gasteiger partial charge in [-0.25, -0.2) is 4.79 Å². The van der Waals surface area contributed by atoms with E-state index in [2.05, 4.69) is 21.4 Å². The first-order valence-corrected chi connectivity index (χ1v) is 6.36. The van der Waals surface area contributed by atoms with E-state index in [1.165, 1.54) is 0 Å². The number of hydrogen-bond donors (Lipinski definition) is 2. The van der Waals surface area contributed by atoms with Crippen LogP contribution < -0.4 is 5.32 Å². The number of aromatic carboxylic acids is 1. The van der Waals surface area contributed by atoms with E-state index < -0.39 is 5.97 Å². The number of aromatic nitrogens is 2. The van der Waals surface area contributed by atoms with Gasteiger partial charge in [0.05, 0.1) is 5.69 Å². The van der Waals surface area contributed by atoms with Crippen molar-refractivity contribution in [2.75, 3.05) is 5.32 Å². The third-order valence-corrected chi connectivity index (χ3v) is 2.87. The Morgan fingerprint density at radius 3 is 2.58 bits per heavy atom. The topological polar surface area (TPSA) is 75.1 Å². The van der Waals surface area contributed by atoms with Gasteiger partial charge in [0.1, 0.15) is 5.56 Å². The van der Waals surface area contributed by atoms with Crippen molar-refractivity contribution in [2.24, 2.45) is 0 Å². The standard InChI is InChI=1S/C14H19N3O2/c1-5-8-9(4)15-13-12(14(18)19)10(6-2)11(7-3)16-17-13/h1,9H,6-8H2,2-4H3,(H,15,17)(H,18,19). The van der Waals surface area contributed by atoms with E-state index in [1.807, 2.05) is 20.8 Å². The minimum Gasteiger partial charge on any atom is -0.478 e. The summed E-state index contributed by atoms with van der Waals surface area (Å²) in [5.41, 5.74) is 1.67. The Balaban J connectivity index is 3.25. The molecule has 0 aliphatic rings. The first-order valence-electron chi connectivity index (χ1n) is 6.36. The second-order valence-electron chi connectivity index (χ2n) is 4.31. The molecule has 0 radical (unpaired) electrons. The maximum absolute atomic E-state index is 11.5. The Kier molecular flexibility index (Phi) is 5.31. The molecule has 0 spiro atoms. The average Bonchev–Trinajstić information content (AvgIpc) is 2.37. The zero-order valence-electron chi connectivity index (χ0n) is 11.5. The van der Waals surface area contributed by atoms with Crippen molar-refractivity contribution >= 4 is 11.8 Å². The molecule has 0 saturated heterocycles. The fourth-order valence-electron chi connectivity index (χ4n) is 1.97. The molecule has 1 rings (SSSR count). The van der Waals surface area contributed by atoms with Gasteiger partial charge in [0, 0.05) is 12.5 Å². The molecule has 0 bridgehead atoms. The van der Waals surface area contributed by atoms with Crippen LogP contribution in [0.1, 0.15) is 48.8 Å². The highest BCUT2D eigenvalue weighted by Crippen LogP contribution is 2.21. The first kappa shape index (κ1) is 15.0. The molecule has 5 heteroatoms. The molecule has 0 saturated carbocycles. The number of terminal acetylenes is 1. The normalized spacial score (nSPS) is 11.7. The molecule has 1 aromatic rings. The summed E-state index contributed by atoms with van der Waals surface area (Å²) in [5, 5.41) is 20.5. The molecule has 1 unspecified atom stereocenters. The van der Waals surface area contributed by atoms with E-state index in [-0.39, 0.29) is 11.6 Å². The molecule has 0 aromatic carbocycles. The Hall–Kier alpha value is -2.09. The Morgan fingerprint density at radius 1 is 1.42 bits per heavy atom. The average molecular weight is 261 g/mol. The number of hydrogen-bond acceptors (Lipinski definition) is 4. The van der Waals surface area contributed by atoms with Crippen LogP contribution in [-0.4, -0.2) is 27.3 Å². The summed E-state index contributed by atoms with van der Waals surface area (Å²) in [6.07, 6.45) is 7.01. The van der Waals surface area contributed by atoms with Crippen LogP contribution in [-0.2, 0) is 12.8 Å². The van der Waals surface area contributed by atoms with Gasteiger partial charge in [0.2, 0.25) is 0 Å². The van der Waals surface area contributed by atoms with Crippen LogP contribution in [0.25, 0.3) is 0 Å². The van der Waals surface area contributed by atoms with Gasteiger partial charge in [0.25, 0.3) is 0 Å². The first-order chi connectivity index (χ1) is 9.04. The van der Waals surface area contributed by atoms with Gasteiger partial charge >= 0.3 is 5.97 Å². The van der Waals surface area contributed by atoms with E-state index in [0.717, 1.165) is 11.3 Å². The van der Waals surface area contributed by atoms with Gasteiger partial charge in [-0.1, -0.05) is 13.8 Å². The third-order valence-electron chi connectivity index (χ3n) is 2.87. The van der Waals surface area contributed by atoms with Crippen molar-refractivity contribution in [2.45, 2.75) is 46.1 Å². The minimum atomic E-state index is -0.989. The molecule has 0 amide bonds. The highest BCUT2D eigenvalue weighted by Gasteiger charge is 2.21. The molecule has 102 valence electrons. The predicted octanol–water partition coefficient (Wildman–Crippen LogP) is 2.12. The van der Waals surface area contributed by atoms with E-state index in [4.69, 9.17) is 6.42 Å².